The van der Waals surface area contributed by atoms with Crippen LogP contribution in [-0.4, -0.2) is 50.3 Å². The molecule has 0 bridgehead atoms. The summed E-state index contributed by atoms with van der Waals surface area (Å²) in [4.78, 5) is 18.8. The maximum atomic E-state index is 13.4. The second-order valence-corrected chi connectivity index (χ2v) is 9.31. The molecule has 3 heterocycles. The van der Waals surface area contributed by atoms with Crippen LogP contribution in [-0.2, 0) is 6.54 Å². The highest BCUT2D eigenvalue weighted by Gasteiger charge is 2.32. The molecule has 2 aromatic carbocycles. The highest BCUT2D eigenvalue weighted by atomic mass is 16.5. The molecule has 1 saturated heterocycles. The first-order chi connectivity index (χ1) is 16.5. The van der Waals surface area contributed by atoms with E-state index in [1.807, 2.05) is 48.0 Å². The molecule has 2 aromatic heterocycles. The lowest BCUT2D eigenvalue weighted by molar-refractivity contribution is 0.149. The third-order valence-electron chi connectivity index (χ3n) is 6.80. The summed E-state index contributed by atoms with van der Waals surface area (Å²) < 4.78 is 7.08. The minimum Gasteiger partial charge on any atom is -0.497 e. The van der Waals surface area contributed by atoms with Gasteiger partial charge in [0.05, 0.1) is 13.7 Å². The van der Waals surface area contributed by atoms with Crippen LogP contribution in [0, 0.1) is 12.8 Å². The molecule has 1 N–H and O–H groups in total. The first kappa shape index (κ1) is 22.3. The summed E-state index contributed by atoms with van der Waals surface area (Å²) in [5.74, 6) is 2.16. The molecule has 0 saturated carbocycles. The third-order valence-corrected chi connectivity index (χ3v) is 6.80. The van der Waals surface area contributed by atoms with E-state index in [9.17, 15) is 4.79 Å². The summed E-state index contributed by atoms with van der Waals surface area (Å²) in [6, 6.07) is 15.7. The molecule has 8 heteroatoms. The Morgan fingerprint density at radius 3 is 2.62 bits per heavy atom. The topological polar surface area (TPSA) is 88.9 Å². The van der Waals surface area contributed by atoms with Gasteiger partial charge in [-0.1, -0.05) is 31.2 Å². The number of aryl methyl sites for hydroxylation is 1. The predicted molar refractivity (Wildman–Crippen MR) is 131 cm³/mol. The van der Waals surface area contributed by atoms with E-state index >= 15 is 0 Å². The second kappa shape index (κ2) is 9.38. The molecule has 1 aliphatic heterocycles. The summed E-state index contributed by atoms with van der Waals surface area (Å²) in [6.45, 7) is 6.61. The number of ether oxygens (including phenoxy) is 1. The van der Waals surface area contributed by atoms with Gasteiger partial charge in [-0.15, -0.1) is 5.10 Å². The number of nitrogens with one attached hydrogen (secondary N) is 1. The Labute approximate surface area is 198 Å². The van der Waals surface area contributed by atoms with Gasteiger partial charge in [0.2, 0.25) is 0 Å². The van der Waals surface area contributed by atoms with Crippen molar-refractivity contribution in [3.05, 3.63) is 81.4 Å². The lowest BCUT2D eigenvalue weighted by atomic mass is 9.95. The van der Waals surface area contributed by atoms with Crippen molar-refractivity contribution in [3.8, 4) is 5.75 Å². The van der Waals surface area contributed by atoms with E-state index in [-0.39, 0.29) is 11.6 Å². The number of aromatic amines is 1. The maximum absolute atomic E-state index is 13.4. The van der Waals surface area contributed by atoms with Crippen molar-refractivity contribution in [2.24, 2.45) is 5.92 Å². The maximum Gasteiger partial charge on any atom is 0.253 e. The van der Waals surface area contributed by atoms with Gasteiger partial charge in [-0.3, -0.25) is 9.69 Å². The molecular weight excluding hydrogens is 428 g/mol. The van der Waals surface area contributed by atoms with Crippen LogP contribution in [0.25, 0.3) is 10.9 Å². The lowest BCUT2D eigenvalue weighted by Crippen LogP contribution is -2.40. The molecule has 8 nitrogen and oxygen atoms in total. The van der Waals surface area contributed by atoms with E-state index in [2.05, 4.69) is 44.5 Å². The van der Waals surface area contributed by atoms with Crippen LogP contribution in [0.5, 0.6) is 5.75 Å². The summed E-state index contributed by atoms with van der Waals surface area (Å²) in [5, 5.41) is 13.7. The lowest BCUT2D eigenvalue weighted by Gasteiger charge is -2.35. The SMILES string of the molecule is COc1ccc(Cn2nnnc2[C@@H](c2cc3ccc(C)cc3[nH]c2=O)N2CCC(C)CC2)cc1. The Bertz CT molecular complexity index is 1340. The highest BCUT2D eigenvalue weighted by Crippen LogP contribution is 2.31. The zero-order valence-electron chi connectivity index (χ0n) is 19.9. The monoisotopic (exact) mass is 458 g/mol. The largest absolute Gasteiger partial charge is 0.497 e. The molecular formula is C26H30N6O2. The van der Waals surface area contributed by atoms with Crippen LogP contribution in [0.1, 0.15) is 48.3 Å². The van der Waals surface area contributed by atoms with Gasteiger partial charge in [-0.2, -0.15) is 0 Å². The number of fused-ring (bicyclic) bond motifs is 1. The van der Waals surface area contributed by atoms with Crippen LogP contribution in [0.3, 0.4) is 0 Å². The second-order valence-electron chi connectivity index (χ2n) is 9.31. The molecule has 0 aliphatic carbocycles. The van der Waals surface area contributed by atoms with Gasteiger partial charge in [-0.25, -0.2) is 4.68 Å². The van der Waals surface area contributed by atoms with Crippen LogP contribution in [0.4, 0.5) is 0 Å². The van der Waals surface area contributed by atoms with Gasteiger partial charge >= 0.3 is 0 Å². The summed E-state index contributed by atoms with van der Waals surface area (Å²) >= 11 is 0. The van der Waals surface area contributed by atoms with Gasteiger partial charge in [0.25, 0.3) is 5.56 Å². The van der Waals surface area contributed by atoms with E-state index < -0.39 is 0 Å². The van der Waals surface area contributed by atoms with Crippen LogP contribution >= 0.6 is 0 Å². The number of tetrazole rings is 1. The summed E-state index contributed by atoms with van der Waals surface area (Å²) in [5.41, 5.74) is 3.60. The molecule has 5 rings (SSSR count). The van der Waals surface area contributed by atoms with E-state index in [0.29, 0.717) is 23.9 Å². The van der Waals surface area contributed by atoms with Crippen LogP contribution in [0.15, 0.2) is 53.3 Å². The number of nitrogens with zero attached hydrogens (tertiary/aromatic N) is 5. The summed E-state index contributed by atoms with van der Waals surface area (Å²) in [7, 11) is 1.65. The van der Waals surface area contributed by atoms with Gasteiger partial charge < -0.3 is 9.72 Å². The molecule has 4 aromatic rings. The third kappa shape index (κ3) is 4.46. The Hall–Kier alpha value is -3.52. The number of hydrogen-bond acceptors (Lipinski definition) is 6. The number of benzene rings is 2. The number of aromatic nitrogens is 5. The quantitative estimate of drug-likeness (QED) is 0.474. The predicted octanol–water partition coefficient (Wildman–Crippen LogP) is 3.70. The van der Waals surface area contributed by atoms with Crippen LogP contribution in [0.2, 0.25) is 0 Å². The number of hydrogen-bond donors (Lipinski definition) is 1. The van der Waals surface area contributed by atoms with E-state index in [1.165, 1.54) is 0 Å². The molecule has 0 radical (unpaired) electrons. The molecule has 1 fully saturated rings. The van der Waals surface area contributed by atoms with Crippen molar-refractivity contribution in [2.45, 2.75) is 39.3 Å². The molecule has 0 spiro atoms. The fourth-order valence-corrected chi connectivity index (χ4v) is 4.74. The van der Waals surface area contributed by atoms with Gasteiger partial charge in [0.1, 0.15) is 11.8 Å². The minimum atomic E-state index is -0.324. The summed E-state index contributed by atoms with van der Waals surface area (Å²) in [6.07, 6.45) is 2.17. The van der Waals surface area contributed by atoms with E-state index in [4.69, 9.17) is 4.74 Å². The Morgan fingerprint density at radius 1 is 1.12 bits per heavy atom. The number of piperidine rings is 1. The number of H-pyrrole nitrogens is 1. The molecule has 176 valence electrons. The molecule has 1 aliphatic rings. The van der Waals surface area contributed by atoms with Crippen molar-refractivity contribution in [1.82, 2.24) is 30.1 Å². The van der Waals surface area contributed by atoms with Crippen LogP contribution < -0.4 is 10.3 Å². The number of methoxy groups -OCH3 is 1. The molecule has 0 amide bonds. The Morgan fingerprint density at radius 2 is 1.88 bits per heavy atom. The Kier molecular flexibility index (Phi) is 6.15. The van der Waals surface area contributed by atoms with Crippen molar-refractivity contribution < 1.29 is 4.74 Å². The number of likely N-dealkylation sites (tertiary alicyclic amines) is 1. The van der Waals surface area contributed by atoms with Crippen molar-refractivity contribution in [3.63, 3.8) is 0 Å². The van der Waals surface area contributed by atoms with Crippen molar-refractivity contribution in [2.75, 3.05) is 20.2 Å². The smallest absolute Gasteiger partial charge is 0.253 e. The minimum absolute atomic E-state index is 0.0966. The fraction of sp³-hybridized carbons (Fsp3) is 0.385. The van der Waals surface area contributed by atoms with Gasteiger partial charge in [-0.05, 0) is 90.0 Å². The molecule has 34 heavy (non-hydrogen) atoms. The zero-order valence-corrected chi connectivity index (χ0v) is 19.9. The average Bonchev–Trinajstić information content (AvgIpc) is 3.29. The zero-order chi connectivity index (χ0) is 23.7. The fourth-order valence-electron chi connectivity index (χ4n) is 4.74. The average molecular weight is 459 g/mol. The van der Waals surface area contributed by atoms with E-state index in [0.717, 1.165) is 53.7 Å². The van der Waals surface area contributed by atoms with Gasteiger partial charge in [0.15, 0.2) is 5.82 Å². The first-order valence-electron chi connectivity index (χ1n) is 11.8. The molecule has 0 unspecified atom stereocenters. The van der Waals surface area contributed by atoms with Crippen molar-refractivity contribution in [1.29, 1.82) is 0 Å². The standard InChI is InChI=1S/C26H30N6O2/c1-17-10-12-31(13-11-17)24(22-15-20-7-4-18(2)14-23(20)27-26(22)33)25-28-29-30-32(25)16-19-5-8-21(34-3)9-6-19/h4-9,14-15,17,24H,10-13,16H2,1-3H3,(H,27,33)/t24-/m1/s1. The van der Waals surface area contributed by atoms with Gasteiger partial charge in [0, 0.05) is 11.1 Å². The normalized spacial score (nSPS) is 16.1. The van der Waals surface area contributed by atoms with E-state index in [1.54, 1.807) is 7.11 Å². The number of pyridine rings is 1. The highest BCUT2D eigenvalue weighted by molar-refractivity contribution is 5.79. The Balaban J connectivity index is 1.57. The number of rotatable bonds is 6. The molecule has 1 atom stereocenters. The first-order valence-corrected chi connectivity index (χ1v) is 11.8. The van der Waals surface area contributed by atoms with Crippen molar-refractivity contribution >= 4 is 10.9 Å².